The van der Waals surface area contributed by atoms with Crippen LogP contribution in [0.3, 0.4) is 0 Å². The van der Waals surface area contributed by atoms with E-state index < -0.39 is 23.9 Å². The summed E-state index contributed by atoms with van der Waals surface area (Å²) >= 11 is 0. The van der Waals surface area contributed by atoms with E-state index in [0.717, 1.165) is 4.90 Å². The Hall–Kier alpha value is -2.58. The first-order valence-electron chi connectivity index (χ1n) is 6.48. The number of aromatic nitrogens is 1. The van der Waals surface area contributed by atoms with Crippen molar-refractivity contribution in [3.8, 4) is 0 Å². The highest BCUT2D eigenvalue weighted by Crippen LogP contribution is 2.07. The first-order chi connectivity index (χ1) is 10.0. The molecule has 2 heterocycles. The van der Waals surface area contributed by atoms with Crippen molar-refractivity contribution in [1.29, 1.82) is 0 Å². The average Bonchev–Trinajstić information content (AvgIpc) is 2.92. The second-order valence-corrected chi connectivity index (χ2v) is 4.52. The van der Waals surface area contributed by atoms with Crippen molar-refractivity contribution in [1.82, 2.24) is 20.5 Å². The van der Waals surface area contributed by atoms with Gasteiger partial charge in [-0.1, -0.05) is 6.92 Å². The number of hydrogen-bond acceptors (Lipinski definition) is 5. The van der Waals surface area contributed by atoms with Gasteiger partial charge in [-0.2, -0.15) is 0 Å². The van der Waals surface area contributed by atoms with Crippen molar-refractivity contribution >= 4 is 17.9 Å². The fourth-order valence-corrected chi connectivity index (χ4v) is 1.92. The van der Waals surface area contributed by atoms with Crippen LogP contribution in [0.4, 0.5) is 4.79 Å². The minimum atomic E-state index is -1.17. The second-order valence-electron chi connectivity index (χ2n) is 4.52. The Morgan fingerprint density at radius 2 is 2.38 bits per heavy atom. The van der Waals surface area contributed by atoms with E-state index >= 15 is 0 Å². The monoisotopic (exact) mass is 296 g/mol. The van der Waals surface area contributed by atoms with Crippen molar-refractivity contribution < 1.29 is 23.9 Å². The molecule has 1 saturated heterocycles. The first kappa shape index (κ1) is 14.8. The number of carboxylic acid groups (broad SMARTS) is 1. The Kier molecular flexibility index (Phi) is 4.41. The lowest BCUT2D eigenvalue weighted by Gasteiger charge is -2.32. The molecule has 0 saturated carbocycles. The number of carboxylic acids is 1. The number of carbonyl (C=O) groups is 3. The fourth-order valence-electron chi connectivity index (χ4n) is 1.92. The summed E-state index contributed by atoms with van der Waals surface area (Å²) in [5, 5.41) is 14.0. The molecule has 0 aromatic carbocycles. The van der Waals surface area contributed by atoms with Gasteiger partial charge in [-0.3, -0.25) is 9.69 Å². The Morgan fingerprint density at radius 3 is 3.00 bits per heavy atom. The van der Waals surface area contributed by atoms with Crippen LogP contribution in [0.1, 0.15) is 18.6 Å². The molecule has 0 bridgehead atoms. The summed E-state index contributed by atoms with van der Waals surface area (Å²) in [6.07, 6.45) is 2.25. The molecule has 1 aliphatic rings. The molecule has 9 heteroatoms. The summed E-state index contributed by atoms with van der Waals surface area (Å²) in [5.74, 6) is -0.546. The van der Waals surface area contributed by atoms with E-state index in [-0.39, 0.29) is 19.6 Å². The van der Waals surface area contributed by atoms with E-state index in [1.54, 1.807) is 6.20 Å². The van der Waals surface area contributed by atoms with Crippen LogP contribution in [0.25, 0.3) is 0 Å². The van der Waals surface area contributed by atoms with Crippen molar-refractivity contribution in [2.75, 3.05) is 13.1 Å². The Labute approximate surface area is 120 Å². The van der Waals surface area contributed by atoms with E-state index in [1.807, 2.05) is 6.92 Å². The third-order valence-corrected chi connectivity index (χ3v) is 3.07. The smallest absolute Gasteiger partial charge is 0.328 e. The minimum Gasteiger partial charge on any atom is -0.480 e. The molecule has 0 radical (unpaired) electrons. The number of oxazole rings is 1. The van der Waals surface area contributed by atoms with Crippen LogP contribution in [-0.4, -0.2) is 52.0 Å². The van der Waals surface area contributed by atoms with E-state index in [2.05, 4.69) is 15.6 Å². The van der Waals surface area contributed by atoms with Gasteiger partial charge < -0.3 is 20.2 Å². The molecule has 3 amide bonds. The van der Waals surface area contributed by atoms with Crippen LogP contribution in [0.5, 0.6) is 0 Å². The van der Waals surface area contributed by atoms with Crippen molar-refractivity contribution in [3.05, 3.63) is 17.8 Å². The largest absolute Gasteiger partial charge is 0.480 e. The van der Waals surface area contributed by atoms with Gasteiger partial charge in [-0.05, 0) is 0 Å². The van der Waals surface area contributed by atoms with Crippen molar-refractivity contribution in [2.45, 2.75) is 25.9 Å². The molecule has 1 unspecified atom stereocenters. The van der Waals surface area contributed by atoms with Crippen LogP contribution in [0.2, 0.25) is 0 Å². The Balaban J connectivity index is 1.96. The fraction of sp³-hybridized carbons (Fsp3) is 0.500. The summed E-state index contributed by atoms with van der Waals surface area (Å²) in [5.41, 5.74) is 0. The molecular weight excluding hydrogens is 280 g/mol. The third kappa shape index (κ3) is 3.50. The minimum absolute atomic E-state index is 0.0310. The quantitative estimate of drug-likeness (QED) is 0.677. The SMILES string of the molecule is CCc1cnc(CNC(=O)N2CC(=O)NCC2C(=O)O)o1. The zero-order chi connectivity index (χ0) is 15.4. The maximum atomic E-state index is 12.0. The molecule has 3 N–H and O–H groups in total. The molecule has 0 spiro atoms. The van der Waals surface area contributed by atoms with Crippen molar-refractivity contribution in [3.63, 3.8) is 0 Å². The average molecular weight is 296 g/mol. The summed E-state index contributed by atoms with van der Waals surface area (Å²) in [6.45, 7) is 1.53. The zero-order valence-corrected chi connectivity index (χ0v) is 11.5. The highest BCUT2D eigenvalue weighted by Gasteiger charge is 2.35. The number of aryl methyl sites for hydroxylation is 1. The number of rotatable bonds is 4. The molecule has 1 aromatic rings. The molecule has 1 aromatic heterocycles. The lowest BCUT2D eigenvalue weighted by molar-refractivity contribution is -0.144. The lowest BCUT2D eigenvalue weighted by Crippen LogP contribution is -2.61. The van der Waals surface area contributed by atoms with Gasteiger partial charge in [0, 0.05) is 13.0 Å². The Bertz CT molecular complexity index is 556. The summed E-state index contributed by atoms with van der Waals surface area (Å²) in [7, 11) is 0. The maximum absolute atomic E-state index is 12.0. The molecule has 1 atom stereocenters. The molecule has 1 fully saturated rings. The van der Waals surface area contributed by atoms with Crippen LogP contribution in [-0.2, 0) is 22.6 Å². The number of urea groups is 1. The van der Waals surface area contributed by atoms with E-state index in [9.17, 15) is 14.4 Å². The molecular formula is C12H16N4O5. The first-order valence-corrected chi connectivity index (χ1v) is 6.48. The van der Waals surface area contributed by atoms with Gasteiger partial charge >= 0.3 is 12.0 Å². The van der Waals surface area contributed by atoms with Gasteiger partial charge in [-0.15, -0.1) is 0 Å². The second kappa shape index (κ2) is 6.25. The van der Waals surface area contributed by atoms with Crippen LogP contribution >= 0.6 is 0 Å². The number of piperazine rings is 1. The lowest BCUT2D eigenvalue weighted by atomic mass is 10.2. The molecule has 1 aliphatic heterocycles. The summed E-state index contributed by atoms with van der Waals surface area (Å²) in [4.78, 5) is 39.4. The van der Waals surface area contributed by atoms with E-state index in [4.69, 9.17) is 9.52 Å². The normalized spacial score (nSPS) is 18.2. The molecule has 9 nitrogen and oxygen atoms in total. The zero-order valence-electron chi connectivity index (χ0n) is 11.5. The number of carbonyl (C=O) groups excluding carboxylic acids is 2. The predicted molar refractivity (Wildman–Crippen MR) is 69.3 cm³/mol. The molecule has 2 rings (SSSR count). The van der Waals surface area contributed by atoms with Gasteiger partial charge in [0.25, 0.3) is 0 Å². The van der Waals surface area contributed by atoms with Gasteiger partial charge in [0.1, 0.15) is 18.3 Å². The van der Waals surface area contributed by atoms with Gasteiger partial charge in [-0.25, -0.2) is 14.6 Å². The highest BCUT2D eigenvalue weighted by molar-refractivity contribution is 5.90. The summed E-state index contributed by atoms with van der Waals surface area (Å²) in [6, 6.07) is -1.73. The van der Waals surface area contributed by atoms with Crippen LogP contribution in [0, 0.1) is 0 Å². The van der Waals surface area contributed by atoms with Gasteiger partial charge in [0.15, 0.2) is 0 Å². The van der Waals surface area contributed by atoms with Crippen molar-refractivity contribution in [2.24, 2.45) is 0 Å². The number of aliphatic carboxylic acids is 1. The topological polar surface area (TPSA) is 125 Å². The standard InChI is InChI=1S/C12H16N4O5/c1-2-7-3-14-10(21-7)5-15-12(20)16-6-9(17)13-4-8(16)11(18)19/h3,8H,2,4-6H2,1H3,(H,13,17)(H,15,20)(H,18,19). The molecule has 114 valence electrons. The van der Waals surface area contributed by atoms with E-state index in [0.29, 0.717) is 18.1 Å². The summed E-state index contributed by atoms with van der Waals surface area (Å²) < 4.78 is 5.33. The van der Waals surface area contributed by atoms with Gasteiger partial charge in [0.2, 0.25) is 11.8 Å². The van der Waals surface area contributed by atoms with Crippen LogP contribution in [0.15, 0.2) is 10.6 Å². The molecule has 21 heavy (non-hydrogen) atoms. The van der Waals surface area contributed by atoms with E-state index in [1.165, 1.54) is 0 Å². The van der Waals surface area contributed by atoms with Gasteiger partial charge in [0.05, 0.1) is 12.7 Å². The predicted octanol–water partition coefficient (Wildman–Crippen LogP) is -0.668. The molecule has 0 aliphatic carbocycles. The number of hydrogen-bond donors (Lipinski definition) is 3. The van der Waals surface area contributed by atoms with Crippen LogP contribution < -0.4 is 10.6 Å². The highest BCUT2D eigenvalue weighted by atomic mass is 16.4. The Morgan fingerprint density at radius 1 is 1.62 bits per heavy atom. The number of nitrogens with one attached hydrogen (secondary N) is 2. The number of amides is 3. The maximum Gasteiger partial charge on any atom is 0.328 e. The number of nitrogens with zero attached hydrogens (tertiary/aromatic N) is 2. The third-order valence-electron chi connectivity index (χ3n) is 3.07.